The molecule has 0 aliphatic heterocycles. The van der Waals surface area contributed by atoms with Gasteiger partial charge in [0.05, 0.1) is 11.4 Å². The molecule has 25 heavy (non-hydrogen) atoms. The smallest absolute Gasteiger partial charge is 0.200 e. The Morgan fingerprint density at radius 3 is 2.52 bits per heavy atom. The molecule has 0 N–H and O–H groups in total. The standard InChI is InChI=1S/C19H24N6/c1-4-5-6-7-10-25-19(22-23-24-25)18-13-15(3)12-17(21-18)16-11-14(2)8-9-20-16/h8-9,11-13H,4-7,10H2,1-3H3. The summed E-state index contributed by atoms with van der Waals surface area (Å²) in [5, 5.41) is 12.2. The molecule has 0 bridgehead atoms. The van der Waals surface area contributed by atoms with Gasteiger partial charge in [-0.25, -0.2) is 9.67 Å². The Bertz CT molecular complexity index is 839. The van der Waals surface area contributed by atoms with E-state index in [1.807, 2.05) is 35.1 Å². The molecular weight excluding hydrogens is 312 g/mol. The zero-order valence-electron chi connectivity index (χ0n) is 15.1. The Kier molecular flexibility index (Phi) is 5.48. The number of aryl methyl sites for hydroxylation is 3. The molecule has 0 saturated heterocycles. The van der Waals surface area contributed by atoms with Gasteiger partial charge in [-0.1, -0.05) is 26.2 Å². The van der Waals surface area contributed by atoms with Crippen molar-refractivity contribution in [1.29, 1.82) is 0 Å². The van der Waals surface area contributed by atoms with E-state index >= 15 is 0 Å². The van der Waals surface area contributed by atoms with Gasteiger partial charge in [0, 0.05) is 12.7 Å². The van der Waals surface area contributed by atoms with E-state index in [1.165, 1.54) is 19.3 Å². The van der Waals surface area contributed by atoms with Crippen LogP contribution in [0.5, 0.6) is 0 Å². The van der Waals surface area contributed by atoms with Crippen LogP contribution in [-0.4, -0.2) is 30.2 Å². The van der Waals surface area contributed by atoms with E-state index < -0.39 is 0 Å². The molecule has 3 aromatic heterocycles. The van der Waals surface area contributed by atoms with Crippen molar-refractivity contribution < 1.29 is 0 Å². The number of hydrogen-bond donors (Lipinski definition) is 0. The van der Waals surface area contributed by atoms with Crippen molar-refractivity contribution >= 4 is 0 Å². The topological polar surface area (TPSA) is 69.4 Å². The maximum atomic E-state index is 4.77. The van der Waals surface area contributed by atoms with Gasteiger partial charge in [0.2, 0.25) is 5.82 Å². The molecule has 0 atom stereocenters. The van der Waals surface area contributed by atoms with E-state index in [0.717, 1.165) is 41.2 Å². The monoisotopic (exact) mass is 336 g/mol. The molecule has 130 valence electrons. The van der Waals surface area contributed by atoms with Crippen molar-refractivity contribution in [2.75, 3.05) is 0 Å². The maximum Gasteiger partial charge on any atom is 0.200 e. The van der Waals surface area contributed by atoms with Gasteiger partial charge >= 0.3 is 0 Å². The van der Waals surface area contributed by atoms with E-state index in [4.69, 9.17) is 4.98 Å². The molecule has 0 spiro atoms. The molecule has 6 heteroatoms. The van der Waals surface area contributed by atoms with Crippen LogP contribution in [0.15, 0.2) is 30.5 Å². The Hall–Kier alpha value is -2.63. The summed E-state index contributed by atoms with van der Waals surface area (Å²) in [6.45, 7) is 7.13. The lowest BCUT2D eigenvalue weighted by molar-refractivity contribution is 0.531. The average molecular weight is 336 g/mol. The number of unbranched alkanes of at least 4 members (excludes halogenated alkanes) is 3. The summed E-state index contributed by atoms with van der Waals surface area (Å²) in [6.07, 6.45) is 6.53. The van der Waals surface area contributed by atoms with E-state index in [9.17, 15) is 0 Å². The zero-order valence-corrected chi connectivity index (χ0v) is 15.1. The largest absolute Gasteiger partial charge is 0.255 e. The molecule has 0 aliphatic carbocycles. The highest BCUT2D eigenvalue weighted by atomic mass is 15.5. The van der Waals surface area contributed by atoms with E-state index in [2.05, 4.69) is 41.3 Å². The molecule has 3 rings (SSSR count). The van der Waals surface area contributed by atoms with E-state index in [1.54, 1.807) is 0 Å². The third-order valence-corrected chi connectivity index (χ3v) is 4.13. The molecule has 0 aromatic carbocycles. The molecule has 0 aliphatic rings. The van der Waals surface area contributed by atoms with E-state index in [-0.39, 0.29) is 0 Å². The maximum absolute atomic E-state index is 4.77. The van der Waals surface area contributed by atoms with Crippen LogP contribution in [-0.2, 0) is 6.54 Å². The van der Waals surface area contributed by atoms with Crippen LogP contribution in [0.1, 0.15) is 43.7 Å². The molecule has 0 radical (unpaired) electrons. The number of tetrazole rings is 1. The lowest BCUT2D eigenvalue weighted by Crippen LogP contribution is -2.05. The Labute approximate surface area is 148 Å². The third kappa shape index (κ3) is 4.26. The molecule has 6 nitrogen and oxygen atoms in total. The fraction of sp³-hybridized carbons (Fsp3) is 0.421. The van der Waals surface area contributed by atoms with Crippen molar-refractivity contribution in [3.8, 4) is 22.9 Å². The Morgan fingerprint density at radius 1 is 0.920 bits per heavy atom. The van der Waals surface area contributed by atoms with Crippen LogP contribution < -0.4 is 0 Å². The highest BCUT2D eigenvalue weighted by Gasteiger charge is 2.13. The highest BCUT2D eigenvalue weighted by molar-refractivity contribution is 5.61. The van der Waals surface area contributed by atoms with Gasteiger partial charge in [0.25, 0.3) is 0 Å². The highest BCUT2D eigenvalue weighted by Crippen LogP contribution is 2.22. The first kappa shape index (κ1) is 17.2. The average Bonchev–Trinajstić information content (AvgIpc) is 3.07. The number of pyridine rings is 2. The second-order valence-corrected chi connectivity index (χ2v) is 6.42. The molecule has 0 fully saturated rings. The summed E-state index contributed by atoms with van der Waals surface area (Å²) in [5.74, 6) is 0.717. The lowest BCUT2D eigenvalue weighted by Gasteiger charge is -2.08. The molecular formula is C19H24N6. The van der Waals surface area contributed by atoms with Gasteiger partial charge in [-0.3, -0.25) is 4.98 Å². The first-order valence-corrected chi connectivity index (χ1v) is 8.85. The summed E-state index contributed by atoms with van der Waals surface area (Å²) in [4.78, 5) is 9.21. The minimum Gasteiger partial charge on any atom is -0.255 e. The third-order valence-electron chi connectivity index (χ3n) is 4.13. The van der Waals surface area contributed by atoms with Crippen LogP contribution in [0.4, 0.5) is 0 Å². The summed E-state index contributed by atoms with van der Waals surface area (Å²) in [6, 6.07) is 8.09. The number of rotatable bonds is 7. The van der Waals surface area contributed by atoms with Crippen molar-refractivity contribution in [2.24, 2.45) is 0 Å². The predicted octanol–water partition coefficient (Wildman–Crippen LogP) is 3.99. The predicted molar refractivity (Wildman–Crippen MR) is 97.9 cm³/mol. The summed E-state index contributed by atoms with van der Waals surface area (Å²) in [5.41, 5.74) is 4.78. The van der Waals surface area contributed by atoms with Gasteiger partial charge in [-0.05, 0) is 66.1 Å². The molecule has 0 amide bonds. The normalized spacial score (nSPS) is 11.0. The van der Waals surface area contributed by atoms with Gasteiger partial charge in [-0.15, -0.1) is 5.10 Å². The van der Waals surface area contributed by atoms with Crippen molar-refractivity contribution in [3.05, 3.63) is 41.6 Å². The number of hydrogen-bond acceptors (Lipinski definition) is 5. The van der Waals surface area contributed by atoms with Gasteiger partial charge in [0.1, 0.15) is 5.69 Å². The first-order chi connectivity index (χ1) is 12.2. The molecule has 3 aromatic rings. The minimum atomic E-state index is 0.717. The Morgan fingerprint density at radius 2 is 1.72 bits per heavy atom. The summed E-state index contributed by atoms with van der Waals surface area (Å²) < 4.78 is 1.85. The Balaban J connectivity index is 1.90. The van der Waals surface area contributed by atoms with Crippen LogP contribution in [0.2, 0.25) is 0 Å². The summed E-state index contributed by atoms with van der Waals surface area (Å²) in [7, 11) is 0. The van der Waals surface area contributed by atoms with Crippen LogP contribution in [0, 0.1) is 13.8 Å². The molecule has 0 saturated carbocycles. The van der Waals surface area contributed by atoms with Crippen molar-refractivity contribution in [3.63, 3.8) is 0 Å². The number of aromatic nitrogens is 6. The molecule has 3 heterocycles. The summed E-state index contributed by atoms with van der Waals surface area (Å²) >= 11 is 0. The van der Waals surface area contributed by atoms with Crippen LogP contribution in [0.25, 0.3) is 22.9 Å². The van der Waals surface area contributed by atoms with Crippen molar-refractivity contribution in [2.45, 2.75) is 53.0 Å². The first-order valence-electron chi connectivity index (χ1n) is 8.85. The van der Waals surface area contributed by atoms with Gasteiger partial charge < -0.3 is 0 Å². The quantitative estimate of drug-likeness (QED) is 0.610. The molecule has 0 unspecified atom stereocenters. The zero-order chi connectivity index (χ0) is 17.6. The fourth-order valence-electron chi connectivity index (χ4n) is 2.82. The SMILES string of the molecule is CCCCCCn1nnnc1-c1cc(C)cc(-c2cc(C)ccn2)n1. The van der Waals surface area contributed by atoms with Crippen LogP contribution in [0.3, 0.4) is 0 Å². The van der Waals surface area contributed by atoms with Gasteiger partial charge in [0.15, 0.2) is 0 Å². The minimum absolute atomic E-state index is 0.717. The number of nitrogens with zero attached hydrogens (tertiary/aromatic N) is 6. The van der Waals surface area contributed by atoms with E-state index in [0.29, 0.717) is 5.82 Å². The second-order valence-electron chi connectivity index (χ2n) is 6.42. The van der Waals surface area contributed by atoms with Crippen LogP contribution >= 0.6 is 0 Å². The van der Waals surface area contributed by atoms with Crippen molar-refractivity contribution in [1.82, 2.24) is 30.2 Å². The lowest BCUT2D eigenvalue weighted by atomic mass is 10.1. The van der Waals surface area contributed by atoms with Gasteiger partial charge in [-0.2, -0.15) is 0 Å². The fourth-order valence-corrected chi connectivity index (χ4v) is 2.82. The second kappa shape index (κ2) is 7.96.